The molecule has 0 bridgehead atoms. The van der Waals surface area contributed by atoms with Crippen molar-refractivity contribution in [2.45, 2.75) is 18.2 Å². The van der Waals surface area contributed by atoms with Crippen molar-refractivity contribution in [3.63, 3.8) is 0 Å². The highest BCUT2D eigenvalue weighted by Crippen LogP contribution is 2.55. The molecule has 2 aliphatic rings. The molecule has 128 valence electrons. The minimum atomic E-state index is 0.0427. The second-order valence-corrected chi connectivity index (χ2v) is 8.05. The van der Waals surface area contributed by atoms with Crippen molar-refractivity contribution >= 4 is 33.2 Å². The van der Waals surface area contributed by atoms with Gasteiger partial charge in [0.25, 0.3) is 0 Å². The lowest BCUT2D eigenvalue weighted by Gasteiger charge is -2.14. The van der Waals surface area contributed by atoms with Gasteiger partial charge in [0.05, 0.1) is 17.8 Å². The van der Waals surface area contributed by atoms with Gasteiger partial charge < -0.3 is 0 Å². The summed E-state index contributed by atoms with van der Waals surface area (Å²) in [7, 11) is 0. The number of hydrogen-bond donors (Lipinski definition) is 0. The van der Waals surface area contributed by atoms with Crippen LogP contribution in [0.4, 0.5) is 0 Å². The first-order chi connectivity index (χ1) is 12.7. The van der Waals surface area contributed by atoms with Gasteiger partial charge in [0, 0.05) is 9.50 Å². The summed E-state index contributed by atoms with van der Waals surface area (Å²) in [5.41, 5.74) is 4.90. The lowest BCUT2D eigenvalue weighted by Crippen LogP contribution is -2.08. The van der Waals surface area contributed by atoms with Crippen LogP contribution in [0.1, 0.15) is 28.9 Å². The number of fused-ring (bicyclic) bond motifs is 1. The normalized spacial score (nSPS) is 26.3. The molecule has 0 N–H and O–H groups in total. The van der Waals surface area contributed by atoms with Gasteiger partial charge in [-0.1, -0.05) is 82.1 Å². The Balaban J connectivity index is 1.56. The van der Waals surface area contributed by atoms with E-state index in [1.54, 1.807) is 0 Å². The van der Waals surface area contributed by atoms with Gasteiger partial charge >= 0.3 is 0 Å². The zero-order chi connectivity index (χ0) is 17.7. The van der Waals surface area contributed by atoms with Crippen LogP contribution in [0.2, 0.25) is 5.02 Å². The Morgan fingerprint density at radius 1 is 0.769 bits per heavy atom. The standard InChI is InChI=1S/C22H16BrClN2/c23-17-10-6-14(7-11-17)19-21-20(15-4-2-1-3-5-15)26(21)22(25-19)16-8-12-18(24)13-9-16/h1-13,20-22H/t20-,21-,22-,26?/m1/s1. The van der Waals surface area contributed by atoms with Crippen LogP contribution in [-0.2, 0) is 0 Å². The van der Waals surface area contributed by atoms with E-state index in [1.807, 2.05) is 12.1 Å². The average molecular weight is 424 g/mol. The zero-order valence-corrected chi connectivity index (χ0v) is 16.2. The summed E-state index contributed by atoms with van der Waals surface area (Å²) >= 11 is 9.60. The molecule has 0 amide bonds. The van der Waals surface area contributed by atoms with Gasteiger partial charge in [0.15, 0.2) is 0 Å². The van der Waals surface area contributed by atoms with Crippen LogP contribution < -0.4 is 0 Å². The molecule has 4 heteroatoms. The monoisotopic (exact) mass is 422 g/mol. The van der Waals surface area contributed by atoms with Gasteiger partial charge in [-0.15, -0.1) is 0 Å². The maximum Gasteiger partial charge on any atom is 0.129 e. The van der Waals surface area contributed by atoms with Crippen molar-refractivity contribution in [3.8, 4) is 0 Å². The van der Waals surface area contributed by atoms with Crippen LogP contribution in [0, 0.1) is 0 Å². The van der Waals surface area contributed by atoms with E-state index in [1.165, 1.54) is 22.4 Å². The van der Waals surface area contributed by atoms with Gasteiger partial charge in [-0.2, -0.15) is 0 Å². The minimum absolute atomic E-state index is 0.0427. The minimum Gasteiger partial charge on any atom is -0.263 e. The third-order valence-corrected chi connectivity index (χ3v) is 5.91. The summed E-state index contributed by atoms with van der Waals surface area (Å²) < 4.78 is 1.08. The molecule has 0 saturated carbocycles. The maximum absolute atomic E-state index is 6.08. The molecule has 5 rings (SSSR count). The van der Waals surface area contributed by atoms with E-state index in [9.17, 15) is 0 Å². The Labute approximate surface area is 166 Å². The summed E-state index contributed by atoms with van der Waals surface area (Å²) in [6.07, 6.45) is 0.0427. The van der Waals surface area contributed by atoms with E-state index in [2.05, 4.69) is 87.6 Å². The Kier molecular flexibility index (Phi) is 3.96. The van der Waals surface area contributed by atoms with Crippen LogP contribution in [0.3, 0.4) is 0 Å². The highest BCUT2D eigenvalue weighted by atomic mass is 79.9. The van der Waals surface area contributed by atoms with Crippen LogP contribution in [0.5, 0.6) is 0 Å². The molecule has 1 fully saturated rings. The molecule has 0 aromatic heterocycles. The topological polar surface area (TPSA) is 15.4 Å². The van der Waals surface area contributed by atoms with Gasteiger partial charge in [0.1, 0.15) is 6.17 Å². The fraction of sp³-hybridized carbons (Fsp3) is 0.136. The van der Waals surface area contributed by atoms with E-state index >= 15 is 0 Å². The number of benzene rings is 3. The summed E-state index contributed by atoms with van der Waals surface area (Å²) in [5, 5.41) is 0.755. The smallest absolute Gasteiger partial charge is 0.129 e. The first-order valence-corrected chi connectivity index (χ1v) is 9.81. The molecule has 26 heavy (non-hydrogen) atoms. The van der Waals surface area contributed by atoms with Crippen molar-refractivity contribution in [1.29, 1.82) is 0 Å². The van der Waals surface area contributed by atoms with E-state index in [0.717, 1.165) is 9.50 Å². The highest BCUT2D eigenvalue weighted by Gasteiger charge is 2.59. The predicted octanol–water partition coefficient (Wildman–Crippen LogP) is 6.03. The van der Waals surface area contributed by atoms with Gasteiger partial charge in [-0.05, 0) is 41.0 Å². The van der Waals surface area contributed by atoms with Crippen molar-refractivity contribution in [2.24, 2.45) is 4.99 Å². The first-order valence-electron chi connectivity index (χ1n) is 8.64. The third kappa shape index (κ3) is 2.71. The van der Waals surface area contributed by atoms with Crippen LogP contribution in [0.15, 0.2) is 88.3 Å². The van der Waals surface area contributed by atoms with E-state index in [0.29, 0.717) is 12.1 Å². The Morgan fingerprint density at radius 2 is 1.46 bits per heavy atom. The fourth-order valence-corrected chi connectivity index (χ4v) is 4.26. The number of aliphatic imine (C=N–C) groups is 1. The summed E-state index contributed by atoms with van der Waals surface area (Å²) in [5.74, 6) is 0. The molecule has 0 aliphatic carbocycles. The number of rotatable bonds is 3. The van der Waals surface area contributed by atoms with Gasteiger partial charge in [0.2, 0.25) is 0 Å². The fourth-order valence-electron chi connectivity index (χ4n) is 3.87. The lowest BCUT2D eigenvalue weighted by molar-refractivity contribution is 0.404. The molecule has 3 aromatic carbocycles. The largest absolute Gasteiger partial charge is 0.263 e. The molecule has 2 nitrogen and oxygen atoms in total. The second-order valence-electron chi connectivity index (χ2n) is 6.69. The summed E-state index contributed by atoms with van der Waals surface area (Å²) in [6, 6.07) is 27.9. The number of nitrogens with zero attached hydrogens (tertiary/aromatic N) is 2. The van der Waals surface area contributed by atoms with Crippen molar-refractivity contribution < 1.29 is 0 Å². The van der Waals surface area contributed by atoms with Gasteiger partial charge in [-0.3, -0.25) is 9.89 Å². The summed E-state index contributed by atoms with van der Waals surface area (Å²) in [6.45, 7) is 0. The van der Waals surface area contributed by atoms with E-state index < -0.39 is 0 Å². The maximum atomic E-state index is 6.08. The Bertz CT molecular complexity index is 967. The second kappa shape index (κ2) is 6.34. The first kappa shape index (κ1) is 16.2. The molecule has 3 aromatic rings. The molecule has 1 unspecified atom stereocenters. The van der Waals surface area contributed by atoms with Crippen LogP contribution in [-0.4, -0.2) is 16.7 Å². The van der Waals surface area contributed by atoms with Crippen molar-refractivity contribution in [1.82, 2.24) is 4.90 Å². The Hall–Kier alpha value is -1.94. The van der Waals surface area contributed by atoms with Crippen molar-refractivity contribution in [3.05, 3.63) is 105 Å². The molecule has 1 saturated heterocycles. The molecule has 0 spiro atoms. The van der Waals surface area contributed by atoms with Crippen LogP contribution in [0.25, 0.3) is 0 Å². The highest BCUT2D eigenvalue weighted by molar-refractivity contribution is 9.10. The molecule has 2 heterocycles. The molecule has 4 atom stereocenters. The van der Waals surface area contributed by atoms with Gasteiger partial charge in [-0.25, -0.2) is 0 Å². The van der Waals surface area contributed by atoms with Crippen LogP contribution >= 0.6 is 27.5 Å². The third-order valence-electron chi connectivity index (χ3n) is 5.12. The van der Waals surface area contributed by atoms with Crippen molar-refractivity contribution in [2.75, 3.05) is 0 Å². The number of halogens is 2. The molecular formula is C22H16BrClN2. The zero-order valence-electron chi connectivity index (χ0n) is 13.9. The Morgan fingerprint density at radius 3 is 2.15 bits per heavy atom. The summed E-state index contributed by atoms with van der Waals surface area (Å²) in [4.78, 5) is 7.56. The molecule has 0 radical (unpaired) electrons. The quantitative estimate of drug-likeness (QED) is 0.470. The molecule has 2 aliphatic heterocycles. The van der Waals surface area contributed by atoms with E-state index in [4.69, 9.17) is 16.6 Å². The lowest BCUT2D eigenvalue weighted by atomic mass is 10.0. The number of hydrogen-bond acceptors (Lipinski definition) is 2. The predicted molar refractivity (Wildman–Crippen MR) is 110 cm³/mol. The average Bonchev–Trinajstić information content (AvgIpc) is 3.29. The van der Waals surface area contributed by atoms with E-state index in [-0.39, 0.29) is 6.17 Å². The molecular weight excluding hydrogens is 408 g/mol. The SMILES string of the molecule is Clc1ccc([C@@H]2N=C(c3ccc(Br)cc3)[C@@H]3[C@@H](c4ccccc4)N32)cc1.